The second kappa shape index (κ2) is 5.75. The van der Waals surface area contributed by atoms with Crippen LogP contribution >= 0.6 is 15.9 Å². The van der Waals surface area contributed by atoms with Gasteiger partial charge in [-0.3, -0.25) is 9.59 Å². The van der Waals surface area contributed by atoms with Crippen molar-refractivity contribution < 1.29 is 14.3 Å². The zero-order valence-electron chi connectivity index (χ0n) is 13.7. The molecule has 4 aliphatic carbocycles. The summed E-state index contributed by atoms with van der Waals surface area (Å²) in [6.07, 6.45) is 9.83. The lowest BCUT2D eigenvalue weighted by molar-refractivity contribution is -0.172. The van der Waals surface area contributed by atoms with Crippen LogP contribution in [-0.2, 0) is 14.3 Å². The molecule has 5 aliphatic rings. The molecule has 1 aliphatic heterocycles. The van der Waals surface area contributed by atoms with E-state index in [-0.39, 0.29) is 28.2 Å². The lowest BCUT2D eigenvalue weighted by Gasteiger charge is -2.58. The van der Waals surface area contributed by atoms with Crippen molar-refractivity contribution in [2.75, 3.05) is 19.7 Å². The van der Waals surface area contributed by atoms with Crippen LogP contribution in [0.2, 0.25) is 0 Å². The first-order valence-corrected chi connectivity index (χ1v) is 9.91. The van der Waals surface area contributed by atoms with Gasteiger partial charge in [-0.15, -0.1) is 0 Å². The van der Waals surface area contributed by atoms with Crippen LogP contribution < -0.4 is 0 Å². The normalized spacial score (nSPS) is 41.9. The number of ether oxygens (including phenoxy) is 1. The van der Waals surface area contributed by atoms with Gasteiger partial charge in [0.1, 0.15) is 0 Å². The minimum Gasteiger partial charge on any atom is -0.455 e. The van der Waals surface area contributed by atoms with E-state index in [1.54, 1.807) is 0 Å². The number of hydrogen-bond acceptors (Lipinski definition) is 3. The standard InChI is InChI=1S/C18H26BrNO3/c19-18-9-13-6-14(10-18)8-17(7-13,12-18)16(22)23-11-15(21)20-4-2-1-3-5-20/h13-14H,1-12H2. The van der Waals surface area contributed by atoms with Crippen molar-refractivity contribution in [3.63, 3.8) is 0 Å². The average molecular weight is 384 g/mol. The van der Waals surface area contributed by atoms with Gasteiger partial charge in [0.05, 0.1) is 5.41 Å². The molecular formula is C18H26BrNO3. The molecule has 2 unspecified atom stereocenters. The molecule has 1 saturated heterocycles. The summed E-state index contributed by atoms with van der Waals surface area (Å²) in [6, 6.07) is 0. The Morgan fingerprint density at radius 1 is 1.04 bits per heavy atom. The van der Waals surface area contributed by atoms with Crippen molar-refractivity contribution >= 4 is 27.8 Å². The molecule has 1 heterocycles. The summed E-state index contributed by atoms with van der Waals surface area (Å²) in [7, 11) is 0. The van der Waals surface area contributed by atoms with E-state index < -0.39 is 0 Å². The SMILES string of the molecule is O=C(COC(=O)C12CC3CC(CC(Br)(C3)C1)C2)N1CCCCC1. The number of esters is 1. The Balaban J connectivity index is 1.38. The van der Waals surface area contributed by atoms with Crippen molar-refractivity contribution in [1.29, 1.82) is 0 Å². The summed E-state index contributed by atoms with van der Waals surface area (Å²) in [6.45, 7) is 1.57. The van der Waals surface area contributed by atoms with Crippen LogP contribution in [0.1, 0.15) is 57.8 Å². The third-order valence-electron chi connectivity index (χ3n) is 6.46. The van der Waals surface area contributed by atoms with E-state index >= 15 is 0 Å². The first kappa shape index (κ1) is 15.9. The van der Waals surface area contributed by atoms with Gasteiger partial charge in [-0.05, 0) is 69.6 Å². The zero-order valence-corrected chi connectivity index (χ0v) is 15.3. The number of amides is 1. The highest BCUT2D eigenvalue weighted by molar-refractivity contribution is 9.10. The van der Waals surface area contributed by atoms with Crippen molar-refractivity contribution in [2.24, 2.45) is 17.3 Å². The first-order chi connectivity index (χ1) is 11.0. The molecule has 0 spiro atoms. The molecule has 5 rings (SSSR count). The summed E-state index contributed by atoms with van der Waals surface area (Å²) in [5.74, 6) is 1.18. The Morgan fingerprint density at radius 3 is 2.30 bits per heavy atom. The summed E-state index contributed by atoms with van der Waals surface area (Å²) < 4.78 is 5.68. The monoisotopic (exact) mass is 383 g/mol. The fourth-order valence-electron chi connectivity index (χ4n) is 5.90. The van der Waals surface area contributed by atoms with Crippen LogP contribution in [0.5, 0.6) is 0 Å². The van der Waals surface area contributed by atoms with E-state index in [2.05, 4.69) is 15.9 Å². The molecule has 0 aromatic heterocycles. The second-order valence-corrected chi connectivity index (χ2v) is 10.1. The lowest BCUT2D eigenvalue weighted by atomic mass is 9.49. The smallest absolute Gasteiger partial charge is 0.312 e. The van der Waals surface area contributed by atoms with Gasteiger partial charge in [0.2, 0.25) is 0 Å². The fraction of sp³-hybridized carbons (Fsp3) is 0.889. The molecule has 0 N–H and O–H groups in total. The Labute approximate surface area is 146 Å². The fourth-order valence-corrected chi connectivity index (χ4v) is 7.36. The van der Waals surface area contributed by atoms with Crippen LogP contribution in [-0.4, -0.2) is 40.8 Å². The highest BCUT2D eigenvalue weighted by Gasteiger charge is 2.60. The van der Waals surface area contributed by atoms with Gasteiger partial charge in [0.25, 0.3) is 5.91 Å². The number of likely N-dealkylation sites (tertiary alicyclic amines) is 1. The van der Waals surface area contributed by atoms with Crippen molar-refractivity contribution in [3.05, 3.63) is 0 Å². The van der Waals surface area contributed by atoms with Gasteiger partial charge in [-0.1, -0.05) is 15.9 Å². The number of piperidine rings is 1. The predicted octanol–water partition coefficient (Wildman–Crippen LogP) is 3.28. The third kappa shape index (κ3) is 2.94. The highest BCUT2D eigenvalue weighted by atomic mass is 79.9. The van der Waals surface area contributed by atoms with E-state index in [0.29, 0.717) is 11.8 Å². The minimum absolute atomic E-state index is 0.0173. The van der Waals surface area contributed by atoms with E-state index in [0.717, 1.165) is 45.2 Å². The third-order valence-corrected chi connectivity index (χ3v) is 7.39. The van der Waals surface area contributed by atoms with Crippen LogP contribution in [0, 0.1) is 17.3 Å². The molecule has 0 aromatic rings. The number of halogens is 1. The lowest BCUT2D eigenvalue weighted by Crippen LogP contribution is -2.56. The van der Waals surface area contributed by atoms with E-state index in [4.69, 9.17) is 4.74 Å². The molecule has 5 heteroatoms. The molecule has 4 nitrogen and oxygen atoms in total. The van der Waals surface area contributed by atoms with Gasteiger partial charge < -0.3 is 9.64 Å². The van der Waals surface area contributed by atoms with Crippen LogP contribution in [0.25, 0.3) is 0 Å². The first-order valence-electron chi connectivity index (χ1n) is 9.12. The van der Waals surface area contributed by atoms with Gasteiger partial charge in [-0.2, -0.15) is 0 Å². The molecule has 5 fully saturated rings. The maximum Gasteiger partial charge on any atom is 0.312 e. The van der Waals surface area contributed by atoms with Gasteiger partial charge in [-0.25, -0.2) is 0 Å². The number of nitrogens with zero attached hydrogens (tertiary/aromatic N) is 1. The van der Waals surface area contributed by atoms with E-state index in [1.807, 2.05) is 4.90 Å². The number of hydrogen-bond donors (Lipinski definition) is 0. The molecule has 0 radical (unpaired) electrons. The highest BCUT2D eigenvalue weighted by Crippen LogP contribution is 2.64. The maximum atomic E-state index is 12.8. The van der Waals surface area contributed by atoms with Gasteiger partial charge in [0.15, 0.2) is 6.61 Å². The number of carbonyl (C=O) groups is 2. The largest absolute Gasteiger partial charge is 0.455 e. The molecule has 128 valence electrons. The summed E-state index contributed by atoms with van der Waals surface area (Å²) >= 11 is 3.92. The average Bonchev–Trinajstić information content (AvgIpc) is 2.50. The van der Waals surface area contributed by atoms with Crippen molar-refractivity contribution in [1.82, 2.24) is 4.90 Å². The molecule has 1 amide bonds. The summed E-state index contributed by atoms with van der Waals surface area (Å²) in [5.41, 5.74) is -0.324. The predicted molar refractivity (Wildman–Crippen MR) is 90.2 cm³/mol. The van der Waals surface area contributed by atoms with Gasteiger partial charge >= 0.3 is 5.97 Å². The molecule has 23 heavy (non-hydrogen) atoms. The number of carbonyl (C=O) groups excluding carboxylic acids is 2. The van der Waals surface area contributed by atoms with Gasteiger partial charge in [0, 0.05) is 17.4 Å². The number of alkyl halides is 1. The Bertz CT molecular complexity index is 500. The maximum absolute atomic E-state index is 12.8. The van der Waals surface area contributed by atoms with E-state index in [9.17, 15) is 9.59 Å². The Morgan fingerprint density at radius 2 is 1.70 bits per heavy atom. The molecule has 4 bridgehead atoms. The van der Waals surface area contributed by atoms with Crippen LogP contribution in [0.4, 0.5) is 0 Å². The van der Waals surface area contributed by atoms with Crippen molar-refractivity contribution in [3.8, 4) is 0 Å². The van der Waals surface area contributed by atoms with Crippen LogP contribution in [0.3, 0.4) is 0 Å². The quantitative estimate of drug-likeness (QED) is 0.554. The zero-order chi connectivity index (χ0) is 16.1. The molecule has 4 saturated carbocycles. The Hall–Kier alpha value is -0.580. The molecule has 2 atom stereocenters. The van der Waals surface area contributed by atoms with Crippen LogP contribution in [0.15, 0.2) is 0 Å². The topological polar surface area (TPSA) is 46.6 Å². The molecule has 0 aromatic carbocycles. The summed E-state index contributed by atoms with van der Waals surface area (Å²) in [5, 5.41) is 0. The minimum atomic E-state index is -0.324. The Kier molecular flexibility index (Phi) is 3.98. The second-order valence-electron chi connectivity index (χ2n) is 8.41. The van der Waals surface area contributed by atoms with Crippen molar-refractivity contribution in [2.45, 2.75) is 62.1 Å². The number of rotatable bonds is 3. The summed E-state index contributed by atoms with van der Waals surface area (Å²) in [4.78, 5) is 26.9. The van der Waals surface area contributed by atoms with E-state index in [1.165, 1.54) is 25.7 Å². The molecular weight excluding hydrogens is 358 g/mol.